The van der Waals surface area contributed by atoms with Crippen molar-refractivity contribution in [2.24, 2.45) is 0 Å². The van der Waals surface area contributed by atoms with Crippen LogP contribution in [0.2, 0.25) is 0 Å². The molecule has 6 heteroatoms. The van der Waals surface area contributed by atoms with Gasteiger partial charge in [-0.1, -0.05) is 36.4 Å². The Kier molecular flexibility index (Phi) is 4.64. The summed E-state index contributed by atoms with van der Waals surface area (Å²) in [6.45, 7) is 1.73. The Labute approximate surface area is 151 Å². The third kappa shape index (κ3) is 3.44. The number of hydrogen-bond acceptors (Lipinski definition) is 5. The molecule has 2 aromatic heterocycles. The summed E-state index contributed by atoms with van der Waals surface area (Å²) in [7, 11) is 0. The normalized spacial score (nSPS) is 15.0. The molecule has 1 aromatic carbocycles. The van der Waals surface area contributed by atoms with E-state index < -0.39 is 0 Å². The van der Waals surface area contributed by atoms with Crippen molar-refractivity contribution in [3.8, 4) is 11.3 Å². The summed E-state index contributed by atoms with van der Waals surface area (Å²) in [6, 6.07) is 15.6. The van der Waals surface area contributed by atoms with Gasteiger partial charge in [-0.05, 0) is 25.0 Å². The maximum Gasteiger partial charge on any atom is 0.274 e. The molecule has 0 radical (unpaired) electrons. The van der Waals surface area contributed by atoms with Gasteiger partial charge in [-0.2, -0.15) is 0 Å². The number of hydrogen-bond donors (Lipinski definition) is 1. The van der Waals surface area contributed by atoms with Gasteiger partial charge >= 0.3 is 0 Å². The van der Waals surface area contributed by atoms with E-state index in [4.69, 9.17) is 4.42 Å². The van der Waals surface area contributed by atoms with Gasteiger partial charge in [0.15, 0.2) is 17.8 Å². The molecule has 0 saturated carbocycles. The summed E-state index contributed by atoms with van der Waals surface area (Å²) >= 11 is 0. The van der Waals surface area contributed by atoms with Crippen LogP contribution in [0.3, 0.4) is 0 Å². The third-order valence-corrected chi connectivity index (χ3v) is 4.62. The summed E-state index contributed by atoms with van der Waals surface area (Å²) < 4.78 is 5.45. The van der Waals surface area contributed by atoms with Gasteiger partial charge in [0.2, 0.25) is 0 Å². The van der Waals surface area contributed by atoms with Crippen molar-refractivity contribution in [1.82, 2.24) is 15.3 Å². The number of pyridine rings is 1. The number of benzene rings is 1. The maximum atomic E-state index is 12.7. The second kappa shape index (κ2) is 7.39. The lowest BCUT2D eigenvalue weighted by Crippen LogP contribution is -2.45. The van der Waals surface area contributed by atoms with Crippen LogP contribution < -0.4 is 10.2 Å². The predicted molar refractivity (Wildman–Crippen MR) is 98.9 cm³/mol. The minimum Gasteiger partial charge on any atom is -0.443 e. The molecule has 1 saturated heterocycles. The molecule has 1 amide bonds. The van der Waals surface area contributed by atoms with Crippen LogP contribution in [0.5, 0.6) is 0 Å². The molecule has 4 rings (SSSR count). The van der Waals surface area contributed by atoms with E-state index in [0.717, 1.165) is 37.3 Å². The van der Waals surface area contributed by atoms with Gasteiger partial charge in [0.25, 0.3) is 5.91 Å². The molecule has 0 atom stereocenters. The van der Waals surface area contributed by atoms with Crippen LogP contribution in [0.4, 0.5) is 5.82 Å². The maximum absolute atomic E-state index is 12.7. The predicted octanol–water partition coefficient (Wildman–Crippen LogP) is 3.14. The van der Waals surface area contributed by atoms with E-state index in [9.17, 15) is 4.79 Å². The lowest BCUT2D eigenvalue weighted by molar-refractivity contribution is 0.0927. The van der Waals surface area contributed by atoms with Crippen molar-refractivity contribution >= 4 is 11.7 Å². The smallest absolute Gasteiger partial charge is 0.274 e. The molecule has 132 valence electrons. The summed E-state index contributed by atoms with van der Waals surface area (Å²) in [4.78, 5) is 23.4. The molecule has 0 bridgehead atoms. The fourth-order valence-electron chi connectivity index (χ4n) is 3.25. The highest BCUT2D eigenvalue weighted by atomic mass is 16.3. The standard InChI is InChI=1S/C20H20N4O2/c25-20(18-19(26-14-22-18)15-6-2-1-3-7-15)23-16-9-12-24(13-10-16)17-8-4-5-11-21-17/h1-8,11,14,16H,9-10,12-13H2,(H,23,25). The zero-order valence-corrected chi connectivity index (χ0v) is 14.3. The van der Waals surface area contributed by atoms with E-state index in [2.05, 4.69) is 20.2 Å². The number of amides is 1. The number of oxazole rings is 1. The van der Waals surface area contributed by atoms with Gasteiger partial charge in [0.1, 0.15) is 5.82 Å². The second-order valence-electron chi connectivity index (χ2n) is 6.32. The first kappa shape index (κ1) is 16.3. The lowest BCUT2D eigenvalue weighted by Gasteiger charge is -2.33. The van der Waals surface area contributed by atoms with E-state index in [-0.39, 0.29) is 11.9 Å². The fourth-order valence-corrected chi connectivity index (χ4v) is 3.25. The third-order valence-electron chi connectivity index (χ3n) is 4.62. The molecule has 26 heavy (non-hydrogen) atoms. The molecule has 0 unspecified atom stereocenters. The van der Waals surface area contributed by atoms with Gasteiger partial charge < -0.3 is 14.6 Å². The monoisotopic (exact) mass is 348 g/mol. The van der Waals surface area contributed by atoms with Gasteiger partial charge in [-0.15, -0.1) is 0 Å². The number of nitrogens with zero attached hydrogens (tertiary/aromatic N) is 3. The first-order valence-corrected chi connectivity index (χ1v) is 8.77. The number of aromatic nitrogens is 2. The van der Waals surface area contributed by atoms with Crippen LogP contribution >= 0.6 is 0 Å². The molecule has 6 nitrogen and oxygen atoms in total. The quantitative estimate of drug-likeness (QED) is 0.784. The van der Waals surface area contributed by atoms with E-state index in [1.807, 2.05) is 48.5 Å². The SMILES string of the molecule is O=C(NC1CCN(c2ccccn2)CC1)c1ncoc1-c1ccccc1. The molecule has 0 spiro atoms. The number of rotatable bonds is 4. The first-order valence-electron chi connectivity index (χ1n) is 8.77. The van der Waals surface area contributed by atoms with E-state index in [1.165, 1.54) is 6.39 Å². The largest absolute Gasteiger partial charge is 0.443 e. The average Bonchev–Trinajstić information content (AvgIpc) is 3.20. The molecular formula is C20H20N4O2. The number of nitrogens with one attached hydrogen (secondary N) is 1. The molecule has 1 fully saturated rings. The second-order valence-corrected chi connectivity index (χ2v) is 6.32. The van der Waals surface area contributed by atoms with E-state index >= 15 is 0 Å². The minimum absolute atomic E-state index is 0.128. The van der Waals surface area contributed by atoms with E-state index in [0.29, 0.717) is 11.5 Å². The molecule has 0 aliphatic carbocycles. The van der Waals surface area contributed by atoms with Crippen molar-refractivity contribution in [2.75, 3.05) is 18.0 Å². The summed E-state index contributed by atoms with van der Waals surface area (Å²) in [6.07, 6.45) is 4.88. The van der Waals surface area contributed by atoms with Crippen LogP contribution in [0.15, 0.2) is 65.5 Å². The van der Waals surface area contributed by atoms with Gasteiger partial charge in [0.05, 0.1) is 0 Å². The Bertz CT molecular complexity index is 856. The molecule has 1 aliphatic rings. The van der Waals surface area contributed by atoms with Crippen molar-refractivity contribution in [2.45, 2.75) is 18.9 Å². The fraction of sp³-hybridized carbons (Fsp3) is 0.250. The highest BCUT2D eigenvalue weighted by Gasteiger charge is 2.24. The highest BCUT2D eigenvalue weighted by Crippen LogP contribution is 2.23. The minimum atomic E-state index is -0.186. The summed E-state index contributed by atoms with van der Waals surface area (Å²) in [5.41, 5.74) is 1.18. The molecule has 3 aromatic rings. The molecular weight excluding hydrogens is 328 g/mol. The van der Waals surface area contributed by atoms with Crippen molar-refractivity contribution < 1.29 is 9.21 Å². The Morgan fingerprint density at radius 3 is 2.54 bits per heavy atom. The van der Waals surface area contributed by atoms with Crippen molar-refractivity contribution in [3.05, 3.63) is 66.8 Å². The molecule has 1 aliphatic heterocycles. The van der Waals surface area contributed by atoms with Gasteiger partial charge in [-0.3, -0.25) is 4.79 Å². The Hall–Kier alpha value is -3.15. The Morgan fingerprint density at radius 1 is 1.04 bits per heavy atom. The van der Waals surface area contributed by atoms with Crippen LogP contribution in [0.25, 0.3) is 11.3 Å². The van der Waals surface area contributed by atoms with Crippen molar-refractivity contribution in [1.29, 1.82) is 0 Å². The van der Waals surface area contributed by atoms with Crippen molar-refractivity contribution in [3.63, 3.8) is 0 Å². The highest BCUT2D eigenvalue weighted by molar-refractivity contribution is 5.97. The zero-order chi connectivity index (χ0) is 17.8. The topological polar surface area (TPSA) is 71.3 Å². The van der Waals surface area contributed by atoms with Crippen LogP contribution in [-0.2, 0) is 0 Å². The summed E-state index contributed by atoms with van der Waals surface area (Å²) in [5.74, 6) is 1.31. The number of carbonyl (C=O) groups is 1. The molecule has 3 heterocycles. The average molecular weight is 348 g/mol. The summed E-state index contributed by atoms with van der Waals surface area (Å²) in [5, 5.41) is 3.09. The van der Waals surface area contributed by atoms with Crippen LogP contribution in [0, 0.1) is 0 Å². The Morgan fingerprint density at radius 2 is 1.81 bits per heavy atom. The van der Waals surface area contributed by atoms with Gasteiger partial charge in [0, 0.05) is 30.9 Å². The number of piperidine rings is 1. The lowest BCUT2D eigenvalue weighted by atomic mass is 10.0. The van der Waals surface area contributed by atoms with Crippen LogP contribution in [-0.4, -0.2) is 35.0 Å². The number of anilines is 1. The zero-order valence-electron chi connectivity index (χ0n) is 14.3. The Balaban J connectivity index is 1.39. The van der Waals surface area contributed by atoms with Crippen LogP contribution in [0.1, 0.15) is 23.3 Å². The van der Waals surface area contributed by atoms with Gasteiger partial charge in [-0.25, -0.2) is 9.97 Å². The molecule has 1 N–H and O–H groups in total. The first-order chi connectivity index (χ1) is 12.8. The van der Waals surface area contributed by atoms with E-state index in [1.54, 1.807) is 6.20 Å². The number of carbonyl (C=O) groups excluding carboxylic acids is 1.